The Hall–Kier alpha value is -4.73. The van der Waals surface area contributed by atoms with Crippen LogP contribution in [0.15, 0.2) is 72.8 Å². The quantitative estimate of drug-likeness (QED) is 0.194. The van der Waals surface area contributed by atoms with E-state index >= 15 is 0 Å². The third-order valence-corrected chi connectivity index (χ3v) is 7.26. The van der Waals surface area contributed by atoms with E-state index in [9.17, 15) is 24.0 Å². The number of Topliss-reactive ketones (excluding diaryl/α,β-unsaturated/α-hetero) is 1. The van der Waals surface area contributed by atoms with Crippen molar-refractivity contribution < 1.29 is 28.7 Å². The SMILES string of the molecule is CCC(C)C(NC(=O)C(CC(C)C)NC(=O)OCc1ccccc1)C(=O)C(=O)NCC(=O)NCc1ccc2ccccc2c1. The van der Waals surface area contributed by atoms with E-state index in [1.54, 1.807) is 6.92 Å². The molecule has 0 aliphatic rings. The number of ether oxygens (including phenoxy) is 1. The molecule has 0 fully saturated rings. The number of fused-ring (bicyclic) bond motifs is 1. The van der Waals surface area contributed by atoms with E-state index in [-0.39, 0.29) is 31.4 Å². The van der Waals surface area contributed by atoms with Crippen molar-refractivity contribution >= 4 is 40.4 Å². The van der Waals surface area contributed by atoms with Crippen molar-refractivity contribution in [3.8, 4) is 0 Å². The lowest BCUT2D eigenvalue weighted by Crippen LogP contribution is -2.56. The lowest BCUT2D eigenvalue weighted by Gasteiger charge is -2.26. The second kappa shape index (κ2) is 16.8. The molecule has 0 saturated carbocycles. The fraction of sp³-hybridized carbons (Fsp3) is 0.382. The van der Waals surface area contributed by atoms with Crippen molar-refractivity contribution in [3.05, 3.63) is 83.9 Å². The third kappa shape index (κ3) is 10.5. The molecule has 10 heteroatoms. The average Bonchev–Trinajstić information content (AvgIpc) is 3.03. The number of hydrogen-bond acceptors (Lipinski definition) is 6. The van der Waals surface area contributed by atoms with Gasteiger partial charge in [-0.3, -0.25) is 19.2 Å². The van der Waals surface area contributed by atoms with Crippen molar-refractivity contribution in [2.24, 2.45) is 11.8 Å². The maximum Gasteiger partial charge on any atom is 0.408 e. The number of amides is 4. The van der Waals surface area contributed by atoms with Gasteiger partial charge in [0.2, 0.25) is 17.6 Å². The first-order chi connectivity index (χ1) is 21.1. The lowest BCUT2D eigenvalue weighted by molar-refractivity contribution is -0.141. The van der Waals surface area contributed by atoms with Gasteiger partial charge in [0.1, 0.15) is 12.6 Å². The average molecular weight is 603 g/mol. The fourth-order valence-corrected chi connectivity index (χ4v) is 4.57. The van der Waals surface area contributed by atoms with E-state index in [0.29, 0.717) is 6.42 Å². The molecule has 4 N–H and O–H groups in total. The Labute approximate surface area is 258 Å². The zero-order chi connectivity index (χ0) is 32.1. The summed E-state index contributed by atoms with van der Waals surface area (Å²) in [6.45, 7) is 7.26. The Bertz CT molecular complexity index is 1440. The van der Waals surface area contributed by atoms with E-state index in [2.05, 4.69) is 21.3 Å². The first kappa shape index (κ1) is 33.8. The van der Waals surface area contributed by atoms with Crippen molar-refractivity contribution in [3.63, 3.8) is 0 Å². The summed E-state index contributed by atoms with van der Waals surface area (Å²) in [5, 5.41) is 12.5. The van der Waals surface area contributed by atoms with Crippen molar-refractivity contribution in [2.75, 3.05) is 6.54 Å². The molecule has 3 aromatic rings. The van der Waals surface area contributed by atoms with Crippen molar-refractivity contribution in [2.45, 2.75) is 65.8 Å². The minimum atomic E-state index is -1.15. The Morgan fingerprint density at radius 1 is 0.773 bits per heavy atom. The van der Waals surface area contributed by atoms with E-state index in [0.717, 1.165) is 21.9 Å². The highest BCUT2D eigenvalue weighted by Gasteiger charge is 2.33. The molecular formula is C34H42N4O6. The molecule has 0 aliphatic carbocycles. The van der Waals surface area contributed by atoms with Crippen LogP contribution < -0.4 is 21.3 Å². The molecule has 0 aliphatic heterocycles. The van der Waals surface area contributed by atoms with Gasteiger partial charge in [0.15, 0.2) is 0 Å². The molecule has 0 radical (unpaired) electrons. The summed E-state index contributed by atoms with van der Waals surface area (Å²) < 4.78 is 5.27. The standard InChI is InChI=1S/C34H42N4O6/c1-5-23(4)30(38-32(41)28(17-22(2)3)37-34(43)44-21-24-11-7-6-8-12-24)31(40)33(42)36-20-29(39)35-19-25-15-16-26-13-9-10-14-27(26)18-25/h6-16,18,22-23,28,30H,5,17,19-21H2,1-4H3,(H,35,39)(H,36,42)(H,37,43)(H,38,41). The van der Waals surface area contributed by atoms with Gasteiger partial charge in [-0.05, 0) is 46.2 Å². The monoisotopic (exact) mass is 602 g/mol. The highest BCUT2D eigenvalue weighted by atomic mass is 16.5. The maximum atomic E-state index is 13.3. The van der Waals surface area contributed by atoms with Gasteiger partial charge in [0, 0.05) is 6.54 Å². The topological polar surface area (TPSA) is 143 Å². The fourth-order valence-electron chi connectivity index (χ4n) is 4.57. The molecule has 4 amide bonds. The molecule has 3 atom stereocenters. The molecule has 3 unspecified atom stereocenters. The minimum Gasteiger partial charge on any atom is -0.445 e. The summed E-state index contributed by atoms with van der Waals surface area (Å²) in [5.41, 5.74) is 1.69. The number of nitrogens with one attached hydrogen (secondary N) is 4. The molecule has 10 nitrogen and oxygen atoms in total. The molecule has 234 valence electrons. The normalized spacial score (nSPS) is 12.9. The van der Waals surface area contributed by atoms with Gasteiger partial charge in [-0.15, -0.1) is 0 Å². The van der Waals surface area contributed by atoms with Crippen LogP contribution >= 0.6 is 0 Å². The molecule has 3 rings (SSSR count). The molecule has 0 aromatic heterocycles. The zero-order valence-electron chi connectivity index (χ0n) is 25.7. The van der Waals surface area contributed by atoms with Gasteiger partial charge in [-0.1, -0.05) is 101 Å². The van der Waals surface area contributed by atoms with Crippen molar-refractivity contribution in [1.29, 1.82) is 0 Å². The predicted octanol–water partition coefficient (Wildman–Crippen LogP) is 4.01. The van der Waals surface area contributed by atoms with E-state index in [1.807, 2.05) is 93.6 Å². The smallest absolute Gasteiger partial charge is 0.408 e. The summed E-state index contributed by atoms with van der Waals surface area (Å²) in [5.74, 6) is -3.26. The van der Waals surface area contributed by atoms with Crippen LogP contribution in [0.25, 0.3) is 10.8 Å². The number of rotatable bonds is 15. The number of hydrogen-bond donors (Lipinski definition) is 4. The number of ketones is 1. The van der Waals surface area contributed by atoms with Gasteiger partial charge in [-0.25, -0.2) is 4.79 Å². The lowest BCUT2D eigenvalue weighted by atomic mass is 9.94. The van der Waals surface area contributed by atoms with Gasteiger partial charge in [-0.2, -0.15) is 0 Å². The van der Waals surface area contributed by atoms with Gasteiger partial charge >= 0.3 is 6.09 Å². The summed E-state index contributed by atoms with van der Waals surface area (Å²) in [6.07, 6.45) is 0.0167. The molecule has 0 saturated heterocycles. The first-order valence-corrected chi connectivity index (χ1v) is 14.9. The minimum absolute atomic E-state index is 0.0344. The number of alkyl carbamates (subject to hydrolysis) is 1. The zero-order valence-corrected chi connectivity index (χ0v) is 25.7. The van der Waals surface area contributed by atoms with Crippen LogP contribution in [0.5, 0.6) is 0 Å². The summed E-state index contributed by atoms with van der Waals surface area (Å²) in [6, 6.07) is 20.7. The first-order valence-electron chi connectivity index (χ1n) is 14.9. The Morgan fingerprint density at radius 3 is 2.14 bits per heavy atom. The van der Waals surface area contributed by atoms with Gasteiger partial charge in [0.05, 0.1) is 12.6 Å². The number of benzene rings is 3. The predicted molar refractivity (Wildman–Crippen MR) is 168 cm³/mol. The van der Waals surface area contributed by atoms with Crippen molar-refractivity contribution in [1.82, 2.24) is 21.3 Å². The molecule has 3 aromatic carbocycles. The van der Waals surface area contributed by atoms with Crippen LogP contribution in [-0.4, -0.2) is 48.2 Å². The third-order valence-electron chi connectivity index (χ3n) is 7.26. The summed E-state index contributed by atoms with van der Waals surface area (Å²) >= 11 is 0. The van der Waals surface area contributed by atoms with E-state index in [1.165, 1.54) is 0 Å². The largest absolute Gasteiger partial charge is 0.445 e. The van der Waals surface area contributed by atoms with E-state index in [4.69, 9.17) is 4.74 Å². The van der Waals surface area contributed by atoms with Crippen LogP contribution in [0.2, 0.25) is 0 Å². The molecule has 0 spiro atoms. The summed E-state index contributed by atoms with van der Waals surface area (Å²) in [7, 11) is 0. The van der Waals surface area contributed by atoms with Gasteiger partial charge in [0.25, 0.3) is 5.91 Å². The summed E-state index contributed by atoms with van der Waals surface area (Å²) in [4.78, 5) is 64.1. The van der Waals surface area contributed by atoms with Crippen LogP contribution in [-0.2, 0) is 37.1 Å². The molecule has 0 heterocycles. The Balaban J connectivity index is 1.55. The van der Waals surface area contributed by atoms with Crippen LogP contribution in [0.1, 0.15) is 51.7 Å². The molecular weight excluding hydrogens is 560 g/mol. The highest BCUT2D eigenvalue weighted by molar-refractivity contribution is 6.38. The second-order valence-corrected chi connectivity index (χ2v) is 11.3. The molecule has 44 heavy (non-hydrogen) atoms. The maximum absolute atomic E-state index is 13.3. The number of carbonyl (C=O) groups is 5. The second-order valence-electron chi connectivity index (χ2n) is 11.3. The highest BCUT2D eigenvalue weighted by Crippen LogP contribution is 2.16. The van der Waals surface area contributed by atoms with Crippen LogP contribution in [0.3, 0.4) is 0 Å². The van der Waals surface area contributed by atoms with Crippen LogP contribution in [0, 0.1) is 11.8 Å². The van der Waals surface area contributed by atoms with E-state index < -0.39 is 48.2 Å². The number of carbonyl (C=O) groups excluding carboxylic acids is 5. The Morgan fingerprint density at radius 2 is 1.45 bits per heavy atom. The van der Waals surface area contributed by atoms with Gasteiger partial charge < -0.3 is 26.0 Å². The Kier molecular flexibility index (Phi) is 12.9. The van der Waals surface area contributed by atoms with Crippen LogP contribution in [0.4, 0.5) is 4.79 Å². The molecule has 0 bridgehead atoms.